The molecule has 0 aromatic carbocycles. The summed E-state index contributed by atoms with van der Waals surface area (Å²) in [4.78, 5) is 2.77. The minimum atomic E-state index is 0.428. The molecule has 4 unspecified atom stereocenters. The largest absolute Gasteiger partial charge is 0.326 e. The second kappa shape index (κ2) is 6.38. The van der Waals surface area contributed by atoms with Gasteiger partial charge in [0.1, 0.15) is 0 Å². The van der Waals surface area contributed by atoms with Gasteiger partial charge in [0.05, 0.1) is 0 Å². The molecule has 2 rings (SSSR count). The van der Waals surface area contributed by atoms with E-state index in [0.717, 1.165) is 17.9 Å². The SMILES string of the molecule is CCCC1CCC(N)C(N2CCCC2C(C)C)C1. The summed E-state index contributed by atoms with van der Waals surface area (Å²) in [7, 11) is 0. The van der Waals surface area contributed by atoms with E-state index in [1.54, 1.807) is 0 Å². The zero-order valence-electron chi connectivity index (χ0n) is 12.6. The number of nitrogens with zero attached hydrogens (tertiary/aromatic N) is 1. The minimum absolute atomic E-state index is 0.428. The highest BCUT2D eigenvalue weighted by Gasteiger charge is 2.38. The predicted octanol–water partition coefficient (Wildman–Crippen LogP) is 3.40. The van der Waals surface area contributed by atoms with Gasteiger partial charge in [0.15, 0.2) is 0 Å². The van der Waals surface area contributed by atoms with Crippen molar-refractivity contribution in [1.29, 1.82) is 0 Å². The first-order valence-corrected chi connectivity index (χ1v) is 8.14. The van der Waals surface area contributed by atoms with E-state index in [4.69, 9.17) is 5.73 Å². The van der Waals surface area contributed by atoms with E-state index in [2.05, 4.69) is 25.7 Å². The van der Waals surface area contributed by atoms with Crippen molar-refractivity contribution < 1.29 is 0 Å². The summed E-state index contributed by atoms with van der Waals surface area (Å²) in [5.74, 6) is 1.72. The van der Waals surface area contributed by atoms with Crippen molar-refractivity contribution in [2.24, 2.45) is 17.6 Å². The molecule has 1 saturated heterocycles. The molecular weight excluding hydrogens is 220 g/mol. The number of hydrogen-bond donors (Lipinski definition) is 1. The Kier molecular flexibility index (Phi) is 5.08. The Morgan fingerprint density at radius 2 is 2.00 bits per heavy atom. The van der Waals surface area contributed by atoms with E-state index in [1.807, 2.05) is 0 Å². The molecule has 4 atom stereocenters. The van der Waals surface area contributed by atoms with Crippen LogP contribution in [-0.4, -0.2) is 29.6 Å². The third kappa shape index (κ3) is 3.08. The summed E-state index contributed by atoms with van der Waals surface area (Å²) in [6, 6.07) is 1.89. The lowest BCUT2D eigenvalue weighted by molar-refractivity contribution is 0.0795. The van der Waals surface area contributed by atoms with E-state index >= 15 is 0 Å². The van der Waals surface area contributed by atoms with Crippen molar-refractivity contribution in [3.05, 3.63) is 0 Å². The van der Waals surface area contributed by atoms with Crippen molar-refractivity contribution in [2.75, 3.05) is 6.54 Å². The molecule has 0 bridgehead atoms. The van der Waals surface area contributed by atoms with Crippen LogP contribution in [0.2, 0.25) is 0 Å². The maximum atomic E-state index is 6.44. The monoisotopic (exact) mass is 252 g/mol. The Morgan fingerprint density at radius 1 is 1.22 bits per heavy atom. The van der Waals surface area contributed by atoms with Gasteiger partial charge in [-0.25, -0.2) is 0 Å². The molecular formula is C16H32N2. The lowest BCUT2D eigenvalue weighted by Gasteiger charge is -2.43. The molecule has 0 aromatic rings. The molecule has 1 aliphatic heterocycles. The molecule has 2 fully saturated rings. The van der Waals surface area contributed by atoms with Crippen molar-refractivity contribution in [1.82, 2.24) is 4.90 Å². The molecule has 2 heteroatoms. The van der Waals surface area contributed by atoms with Crippen LogP contribution in [0.25, 0.3) is 0 Å². The van der Waals surface area contributed by atoms with Gasteiger partial charge < -0.3 is 5.73 Å². The van der Waals surface area contributed by atoms with Crippen LogP contribution >= 0.6 is 0 Å². The fraction of sp³-hybridized carbons (Fsp3) is 1.00. The Balaban J connectivity index is 2.00. The standard InChI is InChI=1S/C16H32N2/c1-4-6-13-8-9-14(17)16(11-13)18-10-5-7-15(18)12(2)3/h12-16H,4-11,17H2,1-3H3. The van der Waals surface area contributed by atoms with Crippen LogP contribution in [0.15, 0.2) is 0 Å². The van der Waals surface area contributed by atoms with Crippen LogP contribution in [-0.2, 0) is 0 Å². The second-order valence-corrected chi connectivity index (χ2v) is 6.89. The van der Waals surface area contributed by atoms with Crippen LogP contribution in [0.5, 0.6) is 0 Å². The van der Waals surface area contributed by atoms with Crippen LogP contribution in [0.4, 0.5) is 0 Å². The fourth-order valence-corrected chi connectivity index (χ4v) is 4.25. The molecule has 0 spiro atoms. The molecule has 0 aromatic heterocycles. The van der Waals surface area contributed by atoms with E-state index in [9.17, 15) is 0 Å². The van der Waals surface area contributed by atoms with E-state index in [1.165, 1.54) is 51.5 Å². The molecule has 2 aliphatic rings. The molecule has 2 N–H and O–H groups in total. The molecule has 1 heterocycles. The van der Waals surface area contributed by atoms with Gasteiger partial charge in [-0.1, -0.05) is 33.6 Å². The molecule has 1 aliphatic carbocycles. The van der Waals surface area contributed by atoms with E-state index in [0.29, 0.717) is 12.1 Å². The van der Waals surface area contributed by atoms with Gasteiger partial charge in [0, 0.05) is 18.1 Å². The molecule has 106 valence electrons. The summed E-state index contributed by atoms with van der Waals surface area (Å²) < 4.78 is 0. The van der Waals surface area contributed by atoms with Crippen molar-refractivity contribution in [3.8, 4) is 0 Å². The normalized spacial score (nSPS) is 38.5. The van der Waals surface area contributed by atoms with Crippen LogP contribution < -0.4 is 5.73 Å². The average Bonchev–Trinajstić information content (AvgIpc) is 2.81. The molecule has 2 nitrogen and oxygen atoms in total. The number of hydrogen-bond acceptors (Lipinski definition) is 2. The smallest absolute Gasteiger partial charge is 0.0252 e. The maximum Gasteiger partial charge on any atom is 0.0252 e. The molecule has 1 saturated carbocycles. The molecule has 0 amide bonds. The topological polar surface area (TPSA) is 29.3 Å². The Morgan fingerprint density at radius 3 is 2.67 bits per heavy atom. The van der Waals surface area contributed by atoms with Crippen LogP contribution in [0.1, 0.15) is 65.7 Å². The quantitative estimate of drug-likeness (QED) is 0.831. The van der Waals surface area contributed by atoms with Gasteiger partial charge in [-0.05, 0) is 50.5 Å². The number of nitrogens with two attached hydrogens (primary N) is 1. The highest BCUT2D eigenvalue weighted by molar-refractivity contribution is 4.95. The summed E-state index contributed by atoms with van der Waals surface area (Å²) in [5, 5.41) is 0. The fourth-order valence-electron chi connectivity index (χ4n) is 4.25. The minimum Gasteiger partial charge on any atom is -0.326 e. The van der Waals surface area contributed by atoms with Crippen LogP contribution in [0, 0.1) is 11.8 Å². The lowest BCUT2D eigenvalue weighted by Crippen LogP contribution is -2.53. The number of rotatable bonds is 4. The first-order chi connectivity index (χ1) is 8.63. The lowest BCUT2D eigenvalue weighted by atomic mass is 9.79. The number of likely N-dealkylation sites (tertiary alicyclic amines) is 1. The first kappa shape index (κ1) is 14.3. The summed E-state index contributed by atoms with van der Waals surface area (Å²) >= 11 is 0. The second-order valence-electron chi connectivity index (χ2n) is 6.89. The van der Waals surface area contributed by atoms with E-state index < -0.39 is 0 Å². The maximum absolute atomic E-state index is 6.44. The zero-order valence-corrected chi connectivity index (χ0v) is 12.6. The Labute approximate surface area is 113 Å². The predicted molar refractivity (Wildman–Crippen MR) is 78.6 cm³/mol. The van der Waals surface area contributed by atoms with Crippen LogP contribution in [0.3, 0.4) is 0 Å². The van der Waals surface area contributed by atoms with Gasteiger partial charge in [-0.15, -0.1) is 0 Å². The Hall–Kier alpha value is -0.0800. The summed E-state index contributed by atoms with van der Waals surface area (Å²) in [6.45, 7) is 8.36. The highest BCUT2D eigenvalue weighted by Crippen LogP contribution is 2.35. The molecule has 18 heavy (non-hydrogen) atoms. The average molecular weight is 252 g/mol. The molecule has 0 radical (unpaired) electrons. The van der Waals surface area contributed by atoms with Gasteiger partial charge in [-0.2, -0.15) is 0 Å². The van der Waals surface area contributed by atoms with Gasteiger partial charge in [0.2, 0.25) is 0 Å². The van der Waals surface area contributed by atoms with Gasteiger partial charge in [-0.3, -0.25) is 4.90 Å². The summed E-state index contributed by atoms with van der Waals surface area (Å²) in [6.07, 6.45) is 9.48. The van der Waals surface area contributed by atoms with Gasteiger partial charge in [0.25, 0.3) is 0 Å². The van der Waals surface area contributed by atoms with E-state index in [-0.39, 0.29) is 0 Å². The van der Waals surface area contributed by atoms with Gasteiger partial charge >= 0.3 is 0 Å². The van der Waals surface area contributed by atoms with Crippen molar-refractivity contribution >= 4 is 0 Å². The highest BCUT2D eigenvalue weighted by atomic mass is 15.2. The summed E-state index contributed by atoms with van der Waals surface area (Å²) in [5.41, 5.74) is 6.44. The van der Waals surface area contributed by atoms with Crippen molar-refractivity contribution in [3.63, 3.8) is 0 Å². The Bertz CT molecular complexity index is 251. The third-order valence-electron chi connectivity index (χ3n) is 5.21. The third-order valence-corrected chi connectivity index (χ3v) is 5.21. The first-order valence-electron chi connectivity index (χ1n) is 8.14. The zero-order chi connectivity index (χ0) is 13.1. The van der Waals surface area contributed by atoms with Crippen molar-refractivity contribution in [2.45, 2.75) is 83.8 Å².